The zero-order chi connectivity index (χ0) is 18.5. The molecule has 2 heterocycles. The van der Waals surface area contributed by atoms with Gasteiger partial charge in [0.15, 0.2) is 0 Å². The second-order valence-corrected chi connectivity index (χ2v) is 7.73. The summed E-state index contributed by atoms with van der Waals surface area (Å²) in [5.41, 5.74) is 1.36. The summed E-state index contributed by atoms with van der Waals surface area (Å²) in [5.74, 6) is -0.495. The highest BCUT2D eigenvalue weighted by Crippen LogP contribution is 2.54. The minimum absolute atomic E-state index is 0.167. The Morgan fingerprint density at radius 2 is 2.12 bits per heavy atom. The van der Waals surface area contributed by atoms with Gasteiger partial charge >= 0.3 is 0 Å². The highest BCUT2D eigenvalue weighted by atomic mass is 79.9. The first-order valence-electron chi connectivity index (χ1n) is 8.21. The second kappa shape index (κ2) is 6.12. The smallest absolute Gasteiger partial charge is 0.254 e. The van der Waals surface area contributed by atoms with E-state index < -0.39 is 17.5 Å². The lowest BCUT2D eigenvalue weighted by Gasteiger charge is -2.34. The Bertz CT molecular complexity index is 905. The molecule has 6 nitrogen and oxygen atoms in total. The molecular formula is C18H16BrFN4O2. The number of halogens is 2. The van der Waals surface area contributed by atoms with Gasteiger partial charge in [-0.1, -0.05) is 15.9 Å². The number of aromatic nitrogens is 2. The largest absolute Gasteiger partial charge is 0.328 e. The molecule has 0 saturated heterocycles. The molecule has 2 amide bonds. The molecule has 1 aromatic carbocycles. The molecule has 1 N–H and O–H groups in total. The number of anilines is 1. The fourth-order valence-corrected chi connectivity index (χ4v) is 3.77. The average molecular weight is 419 g/mol. The van der Waals surface area contributed by atoms with Crippen LogP contribution in [0.1, 0.15) is 27.9 Å². The van der Waals surface area contributed by atoms with E-state index in [1.807, 2.05) is 13.0 Å². The Balaban J connectivity index is 1.54. The molecule has 0 unspecified atom stereocenters. The zero-order valence-corrected chi connectivity index (χ0v) is 15.6. The highest BCUT2D eigenvalue weighted by Gasteiger charge is 2.61. The van der Waals surface area contributed by atoms with Crippen molar-refractivity contribution < 1.29 is 14.0 Å². The van der Waals surface area contributed by atoms with Crippen molar-refractivity contribution in [1.29, 1.82) is 0 Å². The molecular weight excluding hydrogens is 403 g/mol. The molecule has 1 aromatic heterocycles. The summed E-state index contributed by atoms with van der Waals surface area (Å²) in [7, 11) is 0. The molecule has 1 spiro atoms. The average Bonchev–Trinajstić information content (AvgIpc) is 3.25. The van der Waals surface area contributed by atoms with Crippen molar-refractivity contribution in [3.8, 4) is 0 Å². The zero-order valence-electron chi connectivity index (χ0n) is 14.0. The number of benzene rings is 1. The number of amides is 2. The number of alkyl halides is 1. The van der Waals surface area contributed by atoms with E-state index in [1.54, 1.807) is 24.5 Å². The molecule has 2 atom stereocenters. The summed E-state index contributed by atoms with van der Waals surface area (Å²) >= 11 is 3.38. The molecule has 0 bridgehead atoms. The summed E-state index contributed by atoms with van der Waals surface area (Å²) < 4.78 is 15.0. The van der Waals surface area contributed by atoms with Crippen LogP contribution in [0, 0.1) is 6.92 Å². The van der Waals surface area contributed by atoms with Gasteiger partial charge < -0.3 is 4.90 Å². The van der Waals surface area contributed by atoms with Crippen LogP contribution in [0.15, 0.2) is 35.1 Å². The normalized spacial score (nSPS) is 23.7. The van der Waals surface area contributed by atoms with Crippen LogP contribution in [0.3, 0.4) is 0 Å². The van der Waals surface area contributed by atoms with E-state index in [2.05, 4.69) is 31.2 Å². The van der Waals surface area contributed by atoms with Crippen molar-refractivity contribution in [2.24, 2.45) is 0 Å². The number of aryl methyl sites for hydroxylation is 1. The lowest BCUT2D eigenvalue weighted by molar-refractivity contribution is -0.117. The predicted molar refractivity (Wildman–Crippen MR) is 96.6 cm³/mol. The fraction of sp³-hybridized carbons (Fsp3) is 0.333. The number of fused-ring (bicyclic) bond motifs is 2. The Kier molecular flexibility index (Phi) is 4.02. The van der Waals surface area contributed by atoms with Crippen LogP contribution in [0.25, 0.3) is 0 Å². The standard InChI is InChI=1S/C18H16BrFN4O2/c1-10-6-21-17(22-7-10)23-15(25)8-24-9-18(5-14(18)20)13-4-11(19)2-3-12(13)16(24)26/h2-4,6-7,14H,5,8-9H2,1H3,(H,21,22,23,25)/t14-,18-/m0/s1. The third kappa shape index (κ3) is 2.88. The van der Waals surface area contributed by atoms with E-state index in [9.17, 15) is 14.0 Å². The molecule has 0 radical (unpaired) electrons. The first kappa shape index (κ1) is 17.1. The molecule has 1 saturated carbocycles. The SMILES string of the molecule is Cc1cnc(NC(=O)CN2C[C@@]3(C[C@@H]3F)c3cc(Br)ccc3C2=O)nc1. The van der Waals surface area contributed by atoms with Gasteiger partial charge in [0.1, 0.15) is 12.7 Å². The van der Waals surface area contributed by atoms with Crippen LogP contribution in [-0.2, 0) is 10.2 Å². The topological polar surface area (TPSA) is 75.2 Å². The molecule has 134 valence electrons. The first-order chi connectivity index (χ1) is 12.4. The third-order valence-electron chi connectivity index (χ3n) is 4.86. The van der Waals surface area contributed by atoms with E-state index in [1.165, 1.54) is 4.90 Å². The summed E-state index contributed by atoms with van der Waals surface area (Å²) in [4.78, 5) is 34.5. The van der Waals surface area contributed by atoms with Gasteiger partial charge in [-0.25, -0.2) is 14.4 Å². The molecule has 1 fully saturated rings. The maximum atomic E-state index is 14.2. The van der Waals surface area contributed by atoms with Crippen molar-refractivity contribution in [3.05, 3.63) is 51.8 Å². The second-order valence-electron chi connectivity index (χ2n) is 6.81. The van der Waals surface area contributed by atoms with Gasteiger partial charge in [-0.15, -0.1) is 0 Å². The van der Waals surface area contributed by atoms with E-state index >= 15 is 0 Å². The van der Waals surface area contributed by atoms with Crippen LogP contribution in [0.4, 0.5) is 10.3 Å². The van der Waals surface area contributed by atoms with Gasteiger partial charge in [0.25, 0.3) is 5.91 Å². The number of rotatable bonds is 3. The summed E-state index contributed by atoms with van der Waals surface area (Å²) in [5, 5.41) is 2.57. The number of carbonyl (C=O) groups is 2. The molecule has 1 aliphatic heterocycles. The lowest BCUT2D eigenvalue weighted by Crippen LogP contribution is -2.47. The minimum atomic E-state index is -1.00. The molecule has 26 heavy (non-hydrogen) atoms. The predicted octanol–water partition coefficient (Wildman–Crippen LogP) is 2.62. The van der Waals surface area contributed by atoms with Crippen molar-refractivity contribution in [1.82, 2.24) is 14.9 Å². The van der Waals surface area contributed by atoms with Gasteiger partial charge in [-0.2, -0.15) is 0 Å². The first-order valence-corrected chi connectivity index (χ1v) is 9.00. The van der Waals surface area contributed by atoms with Crippen molar-refractivity contribution in [3.63, 3.8) is 0 Å². The summed E-state index contributed by atoms with van der Waals surface area (Å²) in [6.07, 6.45) is 2.54. The van der Waals surface area contributed by atoms with Crippen LogP contribution in [-0.4, -0.2) is 45.9 Å². The Morgan fingerprint density at radius 1 is 1.42 bits per heavy atom. The van der Waals surface area contributed by atoms with Crippen molar-refractivity contribution in [2.75, 3.05) is 18.4 Å². The Labute approximate surface area is 158 Å². The number of nitrogens with one attached hydrogen (secondary N) is 1. The summed E-state index contributed by atoms with van der Waals surface area (Å²) in [6, 6.07) is 5.25. The van der Waals surface area contributed by atoms with E-state index in [-0.39, 0.29) is 24.9 Å². The van der Waals surface area contributed by atoms with Crippen LogP contribution >= 0.6 is 15.9 Å². The molecule has 4 rings (SSSR count). The fourth-order valence-electron chi connectivity index (χ4n) is 3.41. The van der Waals surface area contributed by atoms with E-state index in [0.717, 1.165) is 15.6 Å². The van der Waals surface area contributed by atoms with Gasteiger partial charge in [-0.05, 0) is 42.7 Å². The third-order valence-corrected chi connectivity index (χ3v) is 5.35. The van der Waals surface area contributed by atoms with Gasteiger partial charge in [0, 0.05) is 34.4 Å². The van der Waals surface area contributed by atoms with Crippen LogP contribution in [0.2, 0.25) is 0 Å². The van der Waals surface area contributed by atoms with Gasteiger partial charge in [0.05, 0.1) is 0 Å². The number of hydrogen-bond donors (Lipinski definition) is 1. The van der Waals surface area contributed by atoms with Gasteiger partial charge in [-0.3, -0.25) is 14.9 Å². The molecule has 2 aliphatic rings. The molecule has 2 aromatic rings. The Hall–Kier alpha value is -2.35. The highest BCUT2D eigenvalue weighted by molar-refractivity contribution is 9.10. The van der Waals surface area contributed by atoms with Gasteiger partial charge in [0.2, 0.25) is 11.9 Å². The maximum Gasteiger partial charge on any atom is 0.254 e. The Morgan fingerprint density at radius 3 is 2.77 bits per heavy atom. The number of nitrogens with zero attached hydrogens (tertiary/aromatic N) is 3. The van der Waals surface area contributed by atoms with E-state index in [0.29, 0.717) is 12.0 Å². The molecule has 1 aliphatic carbocycles. The summed E-state index contributed by atoms with van der Waals surface area (Å²) in [6.45, 7) is 1.87. The van der Waals surface area contributed by atoms with Crippen LogP contribution in [0.5, 0.6) is 0 Å². The lowest BCUT2D eigenvalue weighted by atomic mass is 9.86. The van der Waals surface area contributed by atoms with Crippen molar-refractivity contribution >= 4 is 33.7 Å². The van der Waals surface area contributed by atoms with Crippen molar-refractivity contribution in [2.45, 2.75) is 24.9 Å². The number of carbonyl (C=O) groups excluding carboxylic acids is 2. The van der Waals surface area contributed by atoms with E-state index in [4.69, 9.17) is 0 Å². The minimum Gasteiger partial charge on any atom is -0.328 e. The molecule has 8 heteroatoms. The maximum absolute atomic E-state index is 14.2. The quantitative estimate of drug-likeness (QED) is 0.830. The van der Waals surface area contributed by atoms with Crippen LogP contribution < -0.4 is 5.32 Å². The monoisotopic (exact) mass is 418 g/mol. The number of hydrogen-bond acceptors (Lipinski definition) is 4.